The van der Waals surface area contributed by atoms with Gasteiger partial charge in [0.25, 0.3) is 0 Å². The predicted molar refractivity (Wildman–Crippen MR) is 122 cm³/mol. The van der Waals surface area contributed by atoms with Gasteiger partial charge in [0.05, 0.1) is 12.1 Å². The minimum Gasteiger partial charge on any atom is -0.497 e. The Kier molecular flexibility index (Phi) is 9.66. The molecule has 0 unspecified atom stereocenters. The summed E-state index contributed by atoms with van der Waals surface area (Å²) < 4.78 is 43.1. The van der Waals surface area contributed by atoms with Gasteiger partial charge in [0, 0.05) is 37.4 Å². The van der Waals surface area contributed by atoms with Crippen LogP contribution in [0.2, 0.25) is 0 Å². The molecule has 2 aromatic rings. The van der Waals surface area contributed by atoms with Crippen molar-refractivity contribution in [3.63, 3.8) is 0 Å². The number of hydrogen-bond acceptors (Lipinski definition) is 4. The SMILES string of the molecule is CN=C(NCCc1nc(C(F)(F)F)cs1)NCC(C)(C)c1cccc(OC)c1.I. The normalized spacial score (nSPS) is 12.3. The van der Waals surface area contributed by atoms with E-state index in [1.54, 1.807) is 14.2 Å². The third kappa shape index (κ3) is 7.65. The lowest BCUT2D eigenvalue weighted by Crippen LogP contribution is -2.44. The molecule has 0 spiro atoms. The first-order chi connectivity index (χ1) is 13.2. The molecule has 2 N–H and O–H groups in total. The van der Waals surface area contributed by atoms with E-state index in [9.17, 15) is 13.2 Å². The molecule has 162 valence electrons. The molecule has 0 aliphatic rings. The van der Waals surface area contributed by atoms with Crippen molar-refractivity contribution in [1.82, 2.24) is 15.6 Å². The Morgan fingerprint density at radius 1 is 1.24 bits per heavy atom. The van der Waals surface area contributed by atoms with E-state index < -0.39 is 11.9 Å². The standard InChI is InChI=1S/C19H25F3N4OS.HI/c1-18(2,13-6-5-7-14(10-13)27-4)12-25-17(23-3)24-9-8-16-26-15(11-28-16)19(20,21)22;/h5-7,10-11H,8-9,12H2,1-4H3,(H2,23,24,25);1H. The van der Waals surface area contributed by atoms with Gasteiger partial charge in [0.15, 0.2) is 11.7 Å². The number of alkyl halides is 3. The zero-order valence-corrected chi connectivity index (χ0v) is 19.9. The third-order valence-electron chi connectivity index (χ3n) is 4.25. The summed E-state index contributed by atoms with van der Waals surface area (Å²) in [7, 11) is 3.29. The van der Waals surface area contributed by atoms with Gasteiger partial charge in [-0.3, -0.25) is 4.99 Å². The third-order valence-corrected chi connectivity index (χ3v) is 5.15. The molecule has 0 aliphatic heterocycles. The number of methoxy groups -OCH3 is 1. The van der Waals surface area contributed by atoms with E-state index in [1.807, 2.05) is 24.3 Å². The number of benzene rings is 1. The van der Waals surface area contributed by atoms with Gasteiger partial charge < -0.3 is 15.4 Å². The monoisotopic (exact) mass is 542 g/mol. The quantitative estimate of drug-likeness (QED) is 0.308. The molecule has 0 saturated heterocycles. The Bertz CT molecular complexity index is 809. The number of thiazole rings is 1. The summed E-state index contributed by atoms with van der Waals surface area (Å²) in [4.78, 5) is 7.79. The molecular formula is C19H26F3IN4OS. The molecule has 10 heteroatoms. The smallest absolute Gasteiger partial charge is 0.434 e. The van der Waals surface area contributed by atoms with E-state index in [0.29, 0.717) is 30.5 Å². The summed E-state index contributed by atoms with van der Waals surface area (Å²) in [6.45, 7) is 5.27. The molecule has 2 rings (SSSR count). The molecule has 0 aliphatic carbocycles. The van der Waals surface area contributed by atoms with Crippen molar-refractivity contribution in [3.8, 4) is 5.75 Å². The number of hydrogen-bond donors (Lipinski definition) is 2. The highest BCUT2D eigenvalue weighted by Gasteiger charge is 2.33. The summed E-state index contributed by atoms with van der Waals surface area (Å²) in [5, 5.41) is 7.85. The maximum absolute atomic E-state index is 12.6. The first kappa shape index (κ1) is 25.5. The maximum Gasteiger partial charge on any atom is 0.434 e. The molecule has 1 aromatic heterocycles. The van der Waals surface area contributed by atoms with Crippen LogP contribution in [-0.2, 0) is 18.0 Å². The molecular weight excluding hydrogens is 516 g/mol. The van der Waals surface area contributed by atoms with Crippen LogP contribution in [0.15, 0.2) is 34.6 Å². The first-order valence-electron chi connectivity index (χ1n) is 8.76. The van der Waals surface area contributed by atoms with Crippen molar-refractivity contribution >= 4 is 41.3 Å². The fraction of sp³-hybridized carbons (Fsp3) is 0.474. The van der Waals surface area contributed by atoms with Crippen molar-refractivity contribution in [2.45, 2.75) is 31.9 Å². The average molecular weight is 542 g/mol. The van der Waals surface area contributed by atoms with Crippen molar-refractivity contribution < 1.29 is 17.9 Å². The van der Waals surface area contributed by atoms with E-state index in [0.717, 1.165) is 28.0 Å². The van der Waals surface area contributed by atoms with Crippen LogP contribution in [0.3, 0.4) is 0 Å². The van der Waals surface area contributed by atoms with Crippen LogP contribution in [0.25, 0.3) is 0 Å². The van der Waals surface area contributed by atoms with E-state index in [1.165, 1.54) is 0 Å². The summed E-state index contributed by atoms with van der Waals surface area (Å²) in [5.74, 6) is 1.39. The lowest BCUT2D eigenvalue weighted by atomic mass is 9.84. The average Bonchev–Trinajstić information content (AvgIpc) is 3.14. The van der Waals surface area contributed by atoms with E-state index in [4.69, 9.17) is 4.74 Å². The lowest BCUT2D eigenvalue weighted by Gasteiger charge is -2.27. The van der Waals surface area contributed by atoms with Crippen LogP contribution in [0, 0.1) is 0 Å². The Hall–Kier alpha value is -1.56. The zero-order valence-electron chi connectivity index (χ0n) is 16.8. The van der Waals surface area contributed by atoms with Gasteiger partial charge in [-0.1, -0.05) is 26.0 Å². The second-order valence-electron chi connectivity index (χ2n) is 6.84. The molecule has 0 bridgehead atoms. The number of nitrogens with zero attached hydrogens (tertiary/aromatic N) is 2. The van der Waals surface area contributed by atoms with Gasteiger partial charge in [-0.05, 0) is 17.7 Å². The van der Waals surface area contributed by atoms with Gasteiger partial charge in [0.2, 0.25) is 0 Å². The molecule has 0 atom stereocenters. The van der Waals surface area contributed by atoms with Crippen LogP contribution in [0.5, 0.6) is 5.75 Å². The summed E-state index contributed by atoms with van der Waals surface area (Å²) in [5.41, 5.74) is 0.107. The second kappa shape index (κ2) is 11.0. The van der Waals surface area contributed by atoms with Crippen molar-refractivity contribution in [2.24, 2.45) is 4.99 Å². The van der Waals surface area contributed by atoms with Gasteiger partial charge in [-0.25, -0.2) is 4.98 Å². The van der Waals surface area contributed by atoms with Crippen LogP contribution >= 0.6 is 35.3 Å². The van der Waals surface area contributed by atoms with Crippen LogP contribution < -0.4 is 15.4 Å². The van der Waals surface area contributed by atoms with Crippen molar-refractivity contribution in [2.75, 3.05) is 27.2 Å². The molecule has 0 radical (unpaired) electrons. The first-order valence-corrected chi connectivity index (χ1v) is 9.64. The van der Waals surface area contributed by atoms with Crippen LogP contribution in [0.4, 0.5) is 13.2 Å². The maximum atomic E-state index is 12.6. The molecule has 5 nitrogen and oxygen atoms in total. The molecule has 0 amide bonds. The predicted octanol–water partition coefficient (Wildman–Crippen LogP) is 4.47. The van der Waals surface area contributed by atoms with E-state index in [-0.39, 0.29) is 29.4 Å². The Labute approximate surface area is 190 Å². The highest BCUT2D eigenvalue weighted by atomic mass is 127. The molecule has 1 aromatic carbocycles. The molecule has 1 heterocycles. The zero-order chi connectivity index (χ0) is 20.8. The van der Waals surface area contributed by atoms with E-state index in [2.05, 4.69) is 34.5 Å². The van der Waals surface area contributed by atoms with Gasteiger partial charge in [-0.15, -0.1) is 35.3 Å². The molecule has 0 saturated carbocycles. The number of aromatic nitrogens is 1. The highest BCUT2D eigenvalue weighted by molar-refractivity contribution is 14.0. The fourth-order valence-corrected chi connectivity index (χ4v) is 3.32. The summed E-state index contributed by atoms with van der Waals surface area (Å²) in [6.07, 6.45) is -4.01. The Balaban J connectivity index is 0.00000420. The lowest BCUT2D eigenvalue weighted by molar-refractivity contribution is -0.140. The number of rotatable bonds is 7. The number of guanidine groups is 1. The minimum absolute atomic E-state index is 0. The van der Waals surface area contributed by atoms with Crippen molar-refractivity contribution in [1.29, 1.82) is 0 Å². The number of halogens is 4. The van der Waals surface area contributed by atoms with Crippen LogP contribution in [0.1, 0.15) is 30.1 Å². The number of ether oxygens (including phenoxy) is 1. The second-order valence-corrected chi connectivity index (χ2v) is 7.79. The highest BCUT2D eigenvalue weighted by Crippen LogP contribution is 2.30. The minimum atomic E-state index is -4.40. The molecule has 29 heavy (non-hydrogen) atoms. The van der Waals surface area contributed by atoms with E-state index >= 15 is 0 Å². The van der Waals surface area contributed by atoms with Gasteiger partial charge in [0.1, 0.15) is 5.75 Å². The Morgan fingerprint density at radius 2 is 1.97 bits per heavy atom. The number of nitrogens with one attached hydrogen (secondary N) is 2. The fourth-order valence-electron chi connectivity index (χ4n) is 2.52. The van der Waals surface area contributed by atoms with Crippen LogP contribution in [-0.4, -0.2) is 38.2 Å². The summed E-state index contributed by atoms with van der Waals surface area (Å²) in [6, 6.07) is 7.89. The van der Waals surface area contributed by atoms with Gasteiger partial charge >= 0.3 is 6.18 Å². The molecule has 0 fully saturated rings. The van der Waals surface area contributed by atoms with Crippen molar-refractivity contribution in [3.05, 3.63) is 45.9 Å². The number of aliphatic imine (C=N–C) groups is 1. The largest absolute Gasteiger partial charge is 0.497 e. The Morgan fingerprint density at radius 3 is 2.55 bits per heavy atom. The topological polar surface area (TPSA) is 58.5 Å². The van der Waals surface area contributed by atoms with Gasteiger partial charge in [-0.2, -0.15) is 13.2 Å². The summed E-state index contributed by atoms with van der Waals surface area (Å²) >= 11 is 1.01.